The summed E-state index contributed by atoms with van der Waals surface area (Å²) in [5.74, 6) is 0.254. The van der Waals surface area contributed by atoms with Crippen molar-refractivity contribution < 1.29 is 0 Å². The summed E-state index contributed by atoms with van der Waals surface area (Å²) in [6, 6.07) is 74.4. The van der Waals surface area contributed by atoms with Crippen LogP contribution in [-0.2, 0) is 0 Å². The standard InChI is InChI=1S/C54H40N2/c1-5-17-41(18-6-1)55(42-19-7-2-8-20-42)45-33-29-39(30-34-45)51-37-53-50-28-16-14-26-48(50)52(38-54(53)49-27-15-13-25-47(49)51)40-31-35-46(36-32-40)56(43-21-9-3-10-22-43)44-23-11-4-12-24-44/h1-31,33-38,40H,32H2. The van der Waals surface area contributed by atoms with Gasteiger partial charge in [0.1, 0.15) is 0 Å². The first-order chi connectivity index (χ1) is 27.8. The zero-order chi connectivity index (χ0) is 37.3. The molecular weight excluding hydrogens is 677 g/mol. The summed E-state index contributed by atoms with van der Waals surface area (Å²) in [6.45, 7) is 0. The van der Waals surface area contributed by atoms with Crippen LogP contribution in [0.3, 0.4) is 0 Å². The molecule has 266 valence electrons. The van der Waals surface area contributed by atoms with E-state index in [9.17, 15) is 0 Å². The lowest BCUT2D eigenvalue weighted by molar-refractivity contribution is 0.849. The van der Waals surface area contributed by atoms with Crippen molar-refractivity contribution in [2.24, 2.45) is 0 Å². The van der Waals surface area contributed by atoms with E-state index in [4.69, 9.17) is 0 Å². The highest BCUT2D eigenvalue weighted by atomic mass is 15.1. The molecule has 0 saturated heterocycles. The van der Waals surface area contributed by atoms with Gasteiger partial charge in [0.15, 0.2) is 0 Å². The second-order valence-corrected chi connectivity index (χ2v) is 14.5. The normalized spacial score (nSPS) is 13.9. The molecule has 0 heterocycles. The highest BCUT2D eigenvalue weighted by Gasteiger charge is 2.21. The van der Waals surface area contributed by atoms with Crippen LogP contribution in [0.1, 0.15) is 17.9 Å². The summed E-state index contributed by atoms with van der Waals surface area (Å²) >= 11 is 0. The molecule has 9 aromatic carbocycles. The van der Waals surface area contributed by atoms with Crippen LogP contribution in [0.2, 0.25) is 0 Å². The molecule has 0 radical (unpaired) electrons. The van der Waals surface area contributed by atoms with Crippen LogP contribution in [0, 0.1) is 0 Å². The molecule has 0 fully saturated rings. The van der Waals surface area contributed by atoms with Gasteiger partial charge >= 0.3 is 0 Å². The monoisotopic (exact) mass is 716 g/mol. The largest absolute Gasteiger partial charge is 0.311 e. The Hall–Kier alpha value is -7.16. The fraction of sp³-hybridized carbons (Fsp3) is 0.0370. The van der Waals surface area contributed by atoms with Crippen LogP contribution in [-0.4, -0.2) is 0 Å². The van der Waals surface area contributed by atoms with Gasteiger partial charge in [0.25, 0.3) is 0 Å². The van der Waals surface area contributed by atoms with E-state index < -0.39 is 0 Å². The van der Waals surface area contributed by atoms with Crippen LogP contribution >= 0.6 is 0 Å². The Morgan fingerprint density at radius 3 is 1.30 bits per heavy atom. The lowest BCUT2D eigenvalue weighted by Crippen LogP contribution is -2.17. The van der Waals surface area contributed by atoms with Crippen molar-refractivity contribution in [3.8, 4) is 11.1 Å². The molecule has 0 spiro atoms. The van der Waals surface area contributed by atoms with Crippen molar-refractivity contribution in [3.63, 3.8) is 0 Å². The number of allylic oxidation sites excluding steroid dienone is 3. The molecule has 1 aliphatic rings. The summed E-state index contributed by atoms with van der Waals surface area (Å²) in [5.41, 5.74) is 10.7. The summed E-state index contributed by atoms with van der Waals surface area (Å²) in [7, 11) is 0. The van der Waals surface area contributed by atoms with E-state index in [0.29, 0.717) is 0 Å². The number of benzene rings is 9. The van der Waals surface area contributed by atoms with Gasteiger partial charge in [0.05, 0.1) is 0 Å². The van der Waals surface area contributed by atoms with Crippen molar-refractivity contribution in [1.82, 2.24) is 0 Å². The molecular formula is C54H40N2. The summed E-state index contributed by atoms with van der Waals surface area (Å²) < 4.78 is 0. The van der Waals surface area contributed by atoms with Gasteiger partial charge in [-0.15, -0.1) is 0 Å². The molecule has 0 saturated carbocycles. The van der Waals surface area contributed by atoms with Gasteiger partial charge < -0.3 is 9.80 Å². The molecule has 56 heavy (non-hydrogen) atoms. The fourth-order valence-electron chi connectivity index (χ4n) is 8.52. The Morgan fingerprint density at radius 1 is 0.357 bits per heavy atom. The lowest BCUT2D eigenvalue weighted by Gasteiger charge is -2.29. The Labute approximate surface area is 328 Å². The van der Waals surface area contributed by atoms with Crippen LogP contribution in [0.25, 0.3) is 43.4 Å². The number of hydrogen-bond donors (Lipinski definition) is 0. The minimum atomic E-state index is 0.254. The predicted molar refractivity (Wildman–Crippen MR) is 239 cm³/mol. The predicted octanol–water partition coefficient (Wildman–Crippen LogP) is 15.0. The third-order valence-corrected chi connectivity index (χ3v) is 11.1. The molecule has 0 bridgehead atoms. The Balaban J connectivity index is 1.05. The zero-order valence-corrected chi connectivity index (χ0v) is 31.0. The van der Waals surface area contributed by atoms with Gasteiger partial charge in [0, 0.05) is 40.1 Å². The first kappa shape index (κ1) is 33.4. The van der Waals surface area contributed by atoms with E-state index in [1.54, 1.807) is 0 Å². The molecule has 9 aromatic rings. The van der Waals surface area contributed by atoms with E-state index in [-0.39, 0.29) is 5.92 Å². The molecule has 0 aliphatic heterocycles. The van der Waals surface area contributed by atoms with Crippen LogP contribution in [0.5, 0.6) is 0 Å². The Kier molecular flexibility index (Phi) is 8.70. The van der Waals surface area contributed by atoms with Crippen LogP contribution in [0.15, 0.2) is 230 Å². The van der Waals surface area contributed by atoms with Gasteiger partial charge in [-0.3, -0.25) is 0 Å². The van der Waals surface area contributed by atoms with Crippen molar-refractivity contribution in [1.29, 1.82) is 0 Å². The molecule has 2 nitrogen and oxygen atoms in total. The minimum Gasteiger partial charge on any atom is -0.311 e. The SMILES string of the molecule is C1=CC(c2cc3c4ccccc4c(-c4ccc(N(c5ccccc5)c5ccccc5)cc4)cc3c3ccccc23)CC=C1N(c1ccccc1)c1ccccc1. The fourth-order valence-corrected chi connectivity index (χ4v) is 8.52. The Bertz CT molecular complexity index is 2780. The highest BCUT2D eigenvalue weighted by molar-refractivity contribution is 6.21. The molecule has 1 atom stereocenters. The van der Waals surface area contributed by atoms with Gasteiger partial charge in [-0.05, 0) is 134 Å². The number of para-hydroxylation sites is 4. The van der Waals surface area contributed by atoms with E-state index in [2.05, 4.69) is 234 Å². The van der Waals surface area contributed by atoms with Crippen LogP contribution in [0.4, 0.5) is 28.4 Å². The van der Waals surface area contributed by atoms with E-state index in [1.807, 2.05) is 0 Å². The maximum absolute atomic E-state index is 2.48. The molecule has 2 heteroatoms. The molecule has 10 rings (SSSR count). The van der Waals surface area contributed by atoms with Gasteiger partial charge in [-0.25, -0.2) is 0 Å². The quantitative estimate of drug-likeness (QED) is 0.144. The zero-order valence-electron chi connectivity index (χ0n) is 31.0. The van der Waals surface area contributed by atoms with E-state index in [0.717, 1.165) is 34.9 Å². The first-order valence-electron chi connectivity index (χ1n) is 19.5. The van der Waals surface area contributed by atoms with Crippen LogP contribution < -0.4 is 9.80 Å². The minimum absolute atomic E-state index is 0.254. The molecule has 0 amide bonds. The lowest BCUT2D eigenvalue weighted by atomic mass is 9.83. The van der Waals surface area contributed by atoms with E-state index >= 15 is 0 Å². The first-order valence-corrected chi connectivity index (χ1v) is 19.5. The third-order valence-electron chi connectivity index (χ3n) is 11.1. The van der Waals surface area contributed by atoms with Gasteiger partial charge in [-0.2, -0.15) is 0 Å². The second kappa shape index (κ2) is 14.6. The number of nitrogens with zero attached hydrogens (tertiary/aromatic N) is 2. The Morgan fingerprint density at radius 2 is 0.786 bits per heavy atom. The van der Waals surface area contributed by atoms with Gasteiger partial charge in [-0.1, -0.05) is 146 Å². The molecule has 1 aliphatic carbocycles. The summed E-state index contributed by atoms with van der Waals surface area (Å²) in [5, 5.41) is 7.73. The maximum atomic E-state index is 2.48. The molecule has 0 N–H and O–H groups in total. The summed E-state index contributed by atoms with van der Waals surface area (Å²) in [4.78, 5) is 4.67. The highest BCUT2D eigenvalue weighted by Crippen LogP contribution is 2.44. The molecule has 0 aromatic heterocycles. The maximum Gasteiger partial charge on any atom is 0.0462 e. The smallest absolute Gasteiger partial charge is 0.0462 e. The average Bonchev–Trinajstić information content (AvgIpc) is 3.28. The topological polar surface area (TPSA) is 6.48 Å². The average molecular weight is 717 g/mol. The van der Waals surface area contributed by atoms with Crippen molar-refractivity contribution in [3.05, 3.63) is 236 Å². The van der Waals surface area contributed by atoms with Gasteiger partial charge in [0.2, 0.25) is 0 Å². The van der Waals surface area contributed by atoms with Crippen molar-refractivity contribution >= 4 is 60.8 Å². The molecule has 1 unspecified atom stereocenters. The third kappa shape index (κ3) is 6.12. The summed E-state index contributed by atoms with van der Waals surface area (Å²) in [6.07, 6.45) is 8.05. The number of anilines is 5. The number of rotatable bonds is 8. The number of hydrogen-bond acceptors (Lipinski definition) is 2. The van der Waals surface area contributed by atoms with Crippen molar-refractivity contribution in [2.45, 2.75) is 12.3 Å². The van der Waals surface area contributed by atoms with E-state index in [1.165, 1.54) is 54.7 Å². The number of fused-ring (bicyclic) bond motifs is 5. The van der Waals surface area contributed by atoms with Crippen molar-refractivity contribution in [2.75, 3.05) is 9.80 Å². The second-order valence-electron chi connectivity index (χ2n) is 14.5.